The van der Waals surface area contributed by atoms with E-state index in [2.05, 4.69) is 0 Å². The highest BCUT2D eigenvalue weighted by molar-refractivity contribution is 6.40. The summed E-state index contributed by atoms with van der Waals surface area (Å²) >= 11 is 0. The number of esters is 2. The maximum absolute atomic E-state index is 11.7. The average Bonchev–Trinajstić information content (AvgIpc) is 3.31. The van der Waals surface area contributed by atoms with E-state index in [0.29, 0.717) is 34.4 Å². The maximum atomic E-state index is 11.7. The van der Waals surface area contributed by atoms with Gasteiger partial charge in [0.1, 0.15) is 17.2 Å². The summed E-state index contributed by atoms with van der Waals surface area (Å²) in [6, 6.07) is 20.3. The zero-order valence-corrected chi connectivity index (χ0v) is 36.0. The number of aliphatic carboxylic acids is 1. The summed E-state index contributed by atoms with van der Waals surface area (Å²) in [5, 5.41) is 27.9. The van der Waals surface area contributed by atoms with Gasteiger partial charge in [0, 0.05) is 5.56 Å². The second kappa shape index (κ2) is 28.6. The fraction of sp³-hybridized carbons (Fsp3) is 0.560. The van der Waals surface area contributed by atoms with Crippen LogP contribution in [0.2, 0.25) is 0 Å². The minimum absolute atomic E-state index is 0. The van der Waals surface area contributed by atoms with Gasteiger partial charge in [-0.05, 0) is 130 Å². The molecule has 0 heterocycles. The number of ketones is 1. The molecular formula is C50H70O12. The highest BCUT2D eigenvalue weighted by atomic mass is 16.5. The number of rotatable bonds is 17. The molecule has 0 bridgehead atoms. The van der Waals surface area contributed by atoms with Gasteiger partial charge in [0.15, 0.2) is 12.2 Å². The third kappa shape index (κ3) is 18.2. The van der Waals surface area contributed by atoms with Crippen LogP contribution in [-0.4, -0.2) is 72.0 Å². The monoisotopic (exact) mass is 862 g/mol. The number of hydrogen-bond donors (Lipinski definition) is 3. The number of ether oxygens (including phenoxy) is 5. The molecule has 3 saturated carbocycles. The molecule has 3 N–H and O–H groups in total. The summed E-state index contributed by atoms with van der Waals surface area (Å²) in [7, 11) is 0. The molecule has 0 aromatic heterocycles. The zero-order chi connectivity index (χ0) is 43.8. The van der Waals surface area contributed by atoms with E-state index >= 15 is 0 Å². The number of hydrogen-bond acceptors (Lipinski definition) is 11. The van der Waals surface area contributed by atoms with Crippen molar-refractivity contribution in [2.24, 2.45) is 17.8 Å². The lowest BCUT2D eigenvalue weighted by Gasteiger charge is -2.21. The van der Waals surface area contributed by atoms with E-state index in [4.69, 9.17) is 28.8 Å². The van der Waals surface area contributed by atoms with E-state index in [0.717, 1.165) is 37.1 Å². The molecule has 12 nitrogen and oxygen atoms in total. The zero-order valence-electron chi connectivity index (χ0n) is 36.0. The Hall–Kier alpha value is -4.94. The number of carboxylic acids is 1. The highest BCUT2D eigenvalue weighted by Crippen LogP contribution is 2.28. The van der Waals surface area contributed by atoms with Gasteiger partial charge in [-0.3, -0.25) is 4.79 Å². The molecular weight excluding hydrogens is 793 g/mol. The van der Waals surface area contributed by atoms with Crippen LogP contribution in [0.25, 0.3) is 0 Å². The van der Waals surface area contributed by atoms with Gasteiger partial charge in [0.2, 0.25) is 0 Å². The van der Waals surface area contributed by atoms with Crippen molar-refractivity contribution in [2.45, 2.75) is 130 Å². The Morgan fingerprint density at radius 2 is 0.855 bits per heavy atom. The Bertz CT molecular complexity index is 1720. The molecule has 3 fully saturated rings. The first-order valence-corrected chi connectivity index (χ1v) is 22.2. The van der Waals surface area contributed by atoms with Crippen molar-refractivity contribution in [3.05, 3.63) is 89.5 Å². The van der Waals surface area contributed by atoms with Gasteiger partial charge < -0.3 is 39.0 Å². The molecule has 3 aliphatic carbocycles. The molecule has 0 saturated heterocycles. The standard InChI is InChI=1S/C17H24O4.C17H22O4.C15H20O4.CH4/c2*1-2-20-17(19)16(18)14-8-10-15(11-9-14)21-12-13-6-4-3-5-7-13;16-14(15(17)18)12-6-8-13(9-7-12)19-10-11-4-2-1-3-5-11;/h8-11,13,16,18H,2-7,12H2,1H3;8-11,13H,2-7,12H2,1H3;6-9,11,14,16H,1-5,10H2,(H,17,18);1H4. The van der Waals surface area contributed by atoms with Crippen molar-refractivity contribution in [3.63, 3.8) is 0 Å². The summed E-state index contributed by atoms with van der Waals surface area (Å²) in [6.45, 7) is 6.05. The van der Waals surface area contributed by atoms with E-state index in [1.54, 1.807) is 86.6 Å². The first kappa shape index (κ1) is 51.4. The quantitative estimate of drug-likeness (QED) is 0.0667. The molecule has 3 aromatic rings. The average molecular weight is 863 g/mol. The summed E-state index contributed by atoms with van der Waals surface area (Å²) in [5.74, 6) is 0.891. The van der Waals surface area contributed by atoms with Crippen LogP contribution in [0.15, 0.2) is 72.8 Å². The van der Waals surface area contributed by atoms with Crippen LogP contribution in [0, 0.1) is 17.8 Å². The van der Waals surface area contributed by atoms with Crippen molar-refractivity contribution < 1.29 is 58.2 Å². The molecule has 0 radical (unpaired) electrons. The lowest BCUT2D eigenvalue weighted by molar-refractivity contribution is -0.153. The Balaban J connectivity index is 0.000000246. The van der Waals surface area contributed by atoms with Crippen LogP contribution in [0.1, 0.15) is 151 Å². The van der Waals surface area contributed by atoms with Crippen LogP contribution in [-0.2, 0) is 23.9 Å². The van der Waals surface area contributed by atoms with Crippen molar-refractivity contribution in [1.82, 2.24) is 0 Å². The van der Waals surface area contributed by atoms with E-state index in [9.17, 15) is 29.4 Å². The van der Waals surface area contributed by atoms with Gasteiger partial charge in [0.05, 0.1) is 33.0 Å². The Morgan fingerprint density at radius 1 is 0.516 bits per heavy atom. The predicted molar refractivity (Wildman–Crippen MR) is 237 cm³/mol. The number of carboxylic acid groups (broad SMARTS) is 1. The van der Waals surface area contributed by atoms with Crippen LogP contribution >= 0.6 is 0 Å². The summed E-state index contributed by atoms with van der Waals surface area (Å²) in [6.07, 6.45) is 16.5. The predicted octanol–water partition coefficient (Wildman–Crippen LogP) is 10.0. The molecule has 2 atom stereocenters. The van der Waals surface area contributed by atoms with Crippen molar-refractivity contribution >= 4 is 23.7 Å². The molecule has 0 spiro atoms. The van der Waals surface area contributed by atoms with Crippen molar-refractivity contribution in [3.8, 4) is 17.2 Å². The highest BCUT2D eigenvalue weighted by Gasteiger charge is 2.21. The van der Waals surface area contributed by atoms with Gasteiger partial charge >= 0.3 is 17.9 Å². The maximum Gasteiger partial charge on any atom is 0.379 e. The minimum Gasteiger partial charge on any atom is -0.493 e. The number of aliphatic hydroxyl groups is 2. The third-order valence-corrected chi connectivity index (χ3v) is 11.3. The van der Waals surface area contributed by atoms with E-state index in [1.807, 2.05) is 0 Å². The van der Waals surface area contributed by atoms with Gasteiger partial charge in [-0.15, -0.1) is 0 Å². The lowest BCUT2D eigenvalue weighted by Crippen LogP contribution is -2.17. The van der Waals surface area contributed by atoms with Crippen LogP contribution < -0.4 is 14.2 Å². The molecule has 0 aliphatic heterocycles. The molecule has 62 heavy (non-hydrogen) atoms. The van der Waals surface area contributed by atoms with Gasteiger partial charge in [-0.1, -0.05) is 89.5 Å². The van der Waals surface area contributed by atoms with Gasteiger partial charge in [-0.25, -0.2) is 14.4 Å². The molecule has 3 aromatic carbocycles. The Morgan fingerprint density at radius 3 is 1.19 bits per heavy atom. The van der Waals surface area contributed by atoms with Crippen LogP contribution in [0.5, 0.6) is 17.2 Å². The third-order valence-electron chi connectivity index (χ3n) is 11.3. The largest absolute Gasteiger partial charge is 0.493 e. The van der Waals surface area contributed by atoms with Crippen LogP contribution in [0.4, 0.5) is 0 Å². The SMILES string of the molecule is C.CCOC(=O)C(=O)c1ccc(OCC2CCCCC2)cc1.CCOC(=O)C(O)c1ccc(OCC2CCCCC2)cc1.O=C(O)C(O)c1ccc(OCC2CCCCC2)cc1. The van der Waals surface area contributed by atoms with Crippen LogP contribution in [0.3, 0.4) is 0 Å². The summed E-state index contributed by atoms with van der Waals surface area (Å²) < 4.78 is 26.8. The molecule has 342 valence electrons. The smallest absolute Gasteiger partial charge is 0.379 e. The Labute approximate surface area is 368 Å². The molecule has 0 amide bonds. The summed E-state index contributed by atoms with van der Waals surface area (Å²) in [4.78, 5) is 45.2. The Kier molecular flexibility index (Phi) is 23.7. The number of aliphatic hydroxyl groups excluding tert-OH is 2. The number of carbonyl (C=O) groups is 4. The second-order valence-corrected chi connectivity index (χ2v) is 16.1. The number of carbonyl (C=O) groups excluding carboxylic acids is 3. The number of benzene rings is 3. The second-order valence-electron chi connectivity index (χ2n) is 16.1. The fourth-order valence-corrected chi connectivity index (χ4v) is 7.71. The summed E-state index contributed by atoms with van der Waals surface area (Å²) in [5.41, 5.74) is 1.23. The lowest BCUT2D eigenvalue weighted by atomic mass is 9.90. The van der Waals surface area contributed by atoms with E-state index in [1.165, 1.54) is 96.3 Å². The molecule has 3 aliphatic rings. The minimum atomic E-state index is -1.47. The van der Waals surface area contributed by atoms with Crippen molar-refractivity contribution in [1.29, 1.82) is 0 Å². The van der Waals surface area contributed by atoms with Gasteiger partial charge in [-0.2, -0.15) is 0 Å². The van der Waals surface area contributed by atoms with E-state index < -0.39 is 35.9 Å². The molecule has 12 heteroatoms. The topological polar surface area (TPSA) is 175 Å². The normalized spacial score (nSPS) is 16.6. The molecule has 2 unspecified atom stereocenters. The molecule has 6 rings (SSSR count). The fourth-order valence-electron chi connectivity index (χ4n) is 7.71. The number of Topliss-reactive ketones (excluding diaryl/α,β-unsaturated/α-hetero) is 1. The van der Waals surface area contributed by atoms with E-state index in [-0.39, 0.29) is 20.6 Å². The first-order chi connectivity index (χ1) is 29.6. The first-order valence-electron chi connectivity index (χ1n) is 22.2. The van der Waals surface area contributed by atoms with Crippen molar-refractivity contribution in [2.75, 3.05) is 33.0 Å². The van der Waals surface area contributed by atoms with Gasteiger partial charge in [0.25, 0.3) is 5.78 Å².